The van der Waals surface area contributed by atoms with E-state index in [0.717, 1.165) is 6.08 Å². The zero-order chi connectivity index (χ0) is 17.5. The minimum Gasteiger partial charge on any atom is -0.478 e. The Balaban J connectivity index is 2.00. The quantitative estimate of drug-likeness (QED) is 0.442. The third-order valence-corrected chi connectivity index (χ3v) is 2.90. The molecule has 0 fully saturated rings. The van der Waals surface area contributed by atoms with Crippen molar-refractivity contribution in [2.24, 2.45) is 0 Å². The van der Waals surface area contributed by atoms with Crippen LogP contribution in [0.4, 0.5) is 21.9 Å². The monoisotopic (exact) mass is 327 g/mol. The summed E-state index contributed by atoms with van der Waals surface area (Å²) in [5, 5.41) is 24.3. The van der Waals surface area contributed by atoms with Gasteiger partial charge in [0.05, 0.1) is 4.92 Å². The molecule has 0 aliphatic carbocycles. The highest BCUT2D eigenvalue weighted by atomic mass is 16.6. The summed E-state index contributed by atoms with van der Waals surface area (Å²) in [4.78, 5) is 32.4. The number of non-ortho nitro benzene ring substituents is 1. The molecule has 0 aromatic heterocycles. The van der Waals surface area contributed by atoms with Crippen molar-refractivity contribution in [3.05, 3.63) is 70.3 Å². The highest BCUT2D eigenvalue weighted by Crippen LogP contribution is 2.16. The Kier molecular flexibility index (Phi) is 5.24. The lowest BCUT2D eigenvalue weighted by Gasteiger charge is -2.08. The molecule has 0 radical (unpaired) electrons. The number of anilines is 2. The van der Waals surface area contributed by atoms with E-state index in [-0.39, 0.29) is 5.69 Å². The van der Waals surface area contributed by atoms with Crippen molar-refractivity contribution in [3.63, 3.8) is 0 Å². The van der Waals surface area contributed by atoms with Gasteiger partial charge in [0, 0.05) is 29.6 Å². The molecular weight excluding hydrogens is 314 g/mol. The number of carboxylic acid groups (broad SMARTS) is 1. The molecule has 0 saturated carbocycles. The number of hydrogen-bond acceptors (Lipinski definition) is 4. The number of urea groups is 1. The van der Waals surface area contributed by atoms with E-state index in [1.807, 2.05) is 0 Å². The van der Waals surface area contributed by atoms with Gasteiger partial charge in [0.2, 0.25) is 0 Å². The van der Waals surface area contributed by atoms with Gasteiger partial charge in [0.25, 0.3) is 5.69 Å². The SMILES string of the molecule is O=C(O)C=Cc1cccc(NC(=O)Nc2ccc([N+](=O)[O-])cc2)c1. The minimum atomic E-state index is -1.07. The van der Waals surface area contributed by atoms with Crippen molar-refractivity contribution in [2.75, 3.05) is 10.6 Å². The summed E-state index contributed by atoms with van der Waals surface area (Å²) in [7, 11) is 0. The van der Waals surface area contributed by atoms with E-state index in [4.69, 9.17) is 5.11 Å². The van der Waals surface area contributed by atoms with Crippen LogP contribution < -0.4 is 10.6 Å². The van der Waals surface area contributed by atoms with Gasteiger partial charge in [0.15, 0.2) is 0 Å². The number of nitro benzene ring substituents is 1. The van der Waals surface area contributed by atoms with Crippen molar-refractivity contribution >= 4 is 35.1 Å². The maximum atomic E-state index is 11.9. The van der Waals surface area contributed by atoms with E-state index in [0.29, 0.717) is 16.9 Å². The number of nitrogens with one attached hydrogen (secondary N) is 2. The molecule has 8 nitrogen and oxygen atoms in total. The molecule has 0 unspecified atom stereocenters. The number of rotatable bonds is 5. The third-order valence-electron chi connectivity index (χ3n) is 2.90. The fourth-order valence-electron chi connectivity index (χ4n) is 1.85. The maximum Gasteiger partial charge on any atom is 0.328 e. The van der Waals surface area contributed by atoms with E-state index in [1.54, 1.807) is 24.3 Å². The Morgan fingerprint density at radius 2 is 1.71 bits per heavy atom. The first-order valence-electron chi connectivity index (χ1n) is 6.77. The molecule has 24 heavy (non-hydrogen) atoms. The molecule has 8 heteroatoms. The molecule has 122 valence electrons. The summed E-state index contributed by atoms with van der Waals surface area (Å²) < 4.78 is 0. The van der Waals surface area contributed by atoms with Crippen molar-refractivity contribution in [1.29, 1.82) is 0 Å². The normalized spacial score (nSPS) is 10.3. The van der Waals surface area contributed by atoms with Crippen LogP contribution in [-0.4, -0.2) is 22.0 Å². The van der Waals surface area contributed by atoms with E-state index in [1.165, 1.54) is 30.3 Å². The van der Waals surface area contributed by atoms with Gasteiger partial charge >= 0.3 is 12.0 Å². The minimum absolute atomic E-state index is 0.0705. The molecule has 0 heterocycles. The van der Waals surface area contributed by atoms with Crippen molar-refractivity contribution in [1.82, 2.24) is 0 Å². The lowest BCUT2D eigenvalue weighted by atomic mass is 10.2. The molecule has 3 N–H and O–H groups in total. The van der Waals surface area contributed by atoms with Gasteiger partial charge in [0.1, 0.15) is 0 Å². The molecule has 2 amide bonds. The summed E-state index contributed by atoms with van der Waals surface area (Å²) in [5.41, 5.74) is 1.42. The number of hydrogen-bond donors (Lipinski definition) is 3. The molecule has 0 bridgehead atoms. The number of carboxylic acids is 1. The summed E-state index contributed by atoms with van der Waals surface area (Å²) in [5.74, 6) is -1.07. The Morgan fingerprint density at radius 1 is 1.04 bits per heavy atom. The second kappa shape index (κ2) is 7.54. The average Bonchev–Trinajstić information content (AvgIpc) is 2.53. The van der Waals surface area contributed by atoms with Crippen LogP contribution in [0.5, 0.6) is 0 Å². The second-order valence-corrected chi connectivity index (χ2v) is 4.68. The van der Waals surface area contributed by atoms with Gasteiger partial charge in [-0.2, -0.15) is 0 Å². The van der Waals surface area contributed by atoms with Gasteiger partial charge in [-0.05, 0) is 35.9 Å². The number of carbonyl (C=O) groups is 2. The summed E-state index contributed by atoms with van der Waals surface area (Å²) in [6.45, 7) is 0. The van der Waals surface area contributed by atoms with Gasteiger partial charge in [-0.25, -0.2) is 9.59 Å². The smallest absolute Gasteiger partial charge is 0.328 e. The molecule has 0 aliphatic heterocycles. The Hall–Kier alpha value is -3.68. The standard InChI is InChI=1S/C16H13N3O5/c20-15(21)9-4-11-2-1-3-13(10-11)18-16(22)17-12-5-7-14(8-6-12)19(23)24/h1-10H,(H,20,21)(H2,17,18,22). The van der Waals surface area contributed by atoms with E-state index in [2.05, 4.69) is 10.6 Å². The van der Waals surface area contributed by atoms with Crippen LogP contribution in [0.2, 0.25) is 0 Å². The van der Waals surface area contributed by atoms with Gasteiger partial charge in [-0.1, -0.05) is 12.1 Å². The number of nitrogens with zero attached hydrogens (tertiary/aromatic N) is 1. The predicted molar refractivity (Wildman–Crippen MR) is 88.8 cm³/mol. The summed E-state index contributed by atoms with van der Waals surface area (Å²) in [6, 6.07) is 11.5. The maximum absolute atomic E-state index is 11.9. The van der Waals surface area contributed by atoms with Crippen LogP contribution in [0, 0.1) is 10.1 Å². The van der Waals surface area contributed by atoms with Gasteiger partial charge < -0.3 is 15.7 Å². The van der Waals surface area contributed by atoms with E-state index in [9.17, 15) is 19.7 Å². The van der Waals surface area contributed by atoms with Crippen LogP contribution in [0.25, 0.3) is 6.08 Å². The lowest BCUT2D eigenvalue weighted by molar-refractivity contribution is -0.384. The molecule has 0 atom stereocenters. The zero-order valence-corrected chi connectivity index (χ0v) is 12.3. The molecule has 2 rings (SSSR count). The van der Waals surface area contributed by atoms with Crippen LogP contribution >= 0.6 is 0 Å². The highest BCUT2D eigenvalue weighted by Gasteiger charge is 2.06. The van der Waals surface area contributed by atoms with Gasteiger partial charge in [-0.15, -0.1) is 0 Å². The topological polar surface area (TPSA) is 122 Å². The first-order chi connectivity index (χ1) is 11.4. The van der Waals surface area contributed by atoms with E-state index >= 15 is 0 Å². The van der Waals surface area contributed by atoms with E-state index < -0.39 is 16.9 Å². The van der Waals surface area contributed by atoms with Crippen LogP contribution in [-0.2, 0) is 4.79 Å². The molecule has 2 aromatic rings. The number of nitro groups is 1. The number of carbonyl (C=O) groups excluding carboxylic acids is 1. The Bertz CT molecular complexity index is 800. The zero-order valence-electron chi connectivity index (χ0n) is 12.3. The summed E-state index contributed by atoms with van der Waals surface area (Å²) >= 11 is 0. The lowest BCUT2D eigenvalue weighted by Crippen LogP contribution is -2.19. The number of aliphatic carboxylic acids is 1. The highest BCUT2D eigenvalue weighted by molar-refractivity contribution is 6.00. The van der Waals surface area contributed by atoms with Crippen LogP contribution in [0.3, 0.4) is 0 Å². The summed E-state index contributed by atoms with van der Waals surface area (Å²) in [6.07, 6.45) is 2.40. The Morgan fingerprint density at radius 3 is 2.33 bits per heavy atom. The first kappa shape index (κ1) is 16.7. The predicted octanol–water partition coefficient (Wildman–Crippen LogP) is 3.34. The Labute approximate surface area is 136 Å². The first-order valence-corrected chi connectivity index (χ1v) is 6.77. The average molecular weight is 327 g/mol. The number of amides is 2. The molecule has 0 saturated heterocycles. The second-order valence-electron chi connectivity index (χ2n) is 4.68. The molecule has 0 spiro atoms. The molecule has 2 aromatic carbocycles. The van der Waals surface area contributed by atoms with Gasteiger partial charge in [-0.3, -0.25) is 10.1 Å². The largest absolute Gasteiger partial charge is 0.478 e. The van der Waals surface area contributed by atoms with Crippen molar-refractivity contribution < 1.29 is 19.6 Å². The van der Waals surface area contributed by atoms with Crippen LogP contribution in [0.1, 0.15) is 5.56 Å². The third kappa shape index (κ3) is 4.95. The van der Waals surface area contributed by atoms with Crippen molar-refractivity contribution in [3.8, 4) is 0 Å². The number of benzene rings is 2. The van der Waals surface area contributed by atoms with Crippen molar-refractivity contribution in [2.45, 2.75) is 0 Å². The molecule has 0 aliphatic rings. The fraction of sp³-hybridized carbons (Fsp3) is 0. The van der Waals surface area contributed by atoms with Crippen LogP contribution in [0.15, 0.2) is 54.6 Å². The fourth-order valence-corrected chi connectivity index (χ4v) is 1.85. The molecular formula is C16H13N3O5.